The summed E-state index contributed by atoms with van der Waals surface area (Å²) in [4.78, 5) is 0.0502. The van der Waals surface area contributed by atoms with Crippen LogP contribution in [-0.4, -0.2) is 36.1 Å². The molecule has 0 atom stereocenters. The van der Waals surface area contributed by atoms with Gasteiger partial charge in [0, 0.05) is 12.6 Å². The van der Waals surface area contributed by atoms with E-state index in [1.807, 2.05) is 6.92 Å². The smallest absolute Gasteiger partial charge is 0.220 e. The quantitative estimate of drug-likeness (QED) is 0.759. The molecular weight excluding hydrogens is 244 g/mol. The fourth-order valence-electron chi connectivity index (χ4n) is 2.31. The molecule has 6 heteroatoms. The second kappa shape index (κ2) is 5.93. The molecule has 0 bridgehead atoms. The molecule has 0 aromatic carbocycles. The summed E-state index contributed by atoms with van der Waals surface area (Å²) < 4.78 is 25.6. The summed E-state index contributed by atoms with van der Waals surface area (Å²) in [6.45, 7) is 2.38. The average molecular weight is 264 g/mol. The lowest BCUT2D eigenvalue weighted by atomic mass is 9.95. The SMILES string of the molecule is CCN(C1CCCCC1)S(=O)(=O)CC(N)=S. The number of nitrogens with zero attached hydrogens (tertiary/aromatic N) is 1. The van der Waals surface area contributed by atoms with Crippen molar-refractivity contribution < 1.29 is 8.42 Å². The Kier molecular flexibility index (Phi) is 5.14. The first kappa shape index (κ1) is 13.9. The molecule has 0 saturated heterocycles. The van der Waals surface area contributed by atoms with Crippen molar-refractivity contribution in [1.29, 1.82) is 0 Å². The number of thiocarbonyl (C=S) groups is 1. The normalized spacial score (nSPS) is 18.9. The molecule has 1 saturated carbocycles. The molecule has 1 rings (SSSR count). The largest absolute Gasteiger partial charge is 0.392 e. The molecule has 1 aliphatic rings. The van der Waals surface area contributed by atoms with Crippen LogP contribution in [0.4, 0.5) is 0 Å². The monoisotopic (exact) mass is 264 g/mol. The van der Waals surface area contributed by atoms with Crippen molar-refractivity contribution in [2.45, 2.75) is 45.1 Å². The lowest BCUT2D eigenvalue weighted by molar-refractivity contribution is 0.262. The van der Waals surface area contributed by atoms with Gasteiger partial charge in [0.25, 0.3) is 0 Å². The highest BCUT2D eigenvalue weighted by Gasteiger charge is 2.29. The first-order chi connectivity index (χ1) is 7.47. The second-order valence-corrected chi connectivity index (χ2v) is 6.66. The zero-order chi connectivity index (χ0) is 12.2. The molecule has 0 aromatic rings. The third-order valence-electron chi connectivity index (χ3n) is 2.98. The summed E-state index contributed by atoms with van der Waals surface area (Å²) in [5.41, 5.74) is 5.33. The predicted octanol–water partition coefficient (Wildman–Crippen LogP) is 1.26. The molecule has 0 unspecified atom stereocenters. The Hall–Kier alpha value is -0.200. The van der Waals surface area contributed by atoms with Crippen LogP contribution in [0.25, 0.3) is 0 Å². The molecule has 0 heterocycles. The maximum absolute atomic E-state index is 12.0. The summed E-state index contributed by atoms with van der Waals surface area (Å²) in [6, 6.07) is 0.151. The van der Waals surface area contributed by atoms with Gasteiger partial charge in [0.15, 0.2) is 0 Å². The number of hydrogen-bond donors (Lipinski definition) is 1. The number of sulfonamides is 1. The van der Waals surface area contributed by atoms with Crippen LogP contribution in [0.2, 0.25) is 0 Å². The first-order valence-corrected chi connectivity index (χ1v) is 7.77. The van der Waals surface area contributed by atoms with Crippen LogP contribution in [-0.2, 0) is 10.0 Å². The predicted molar refractivity (Wildman–Crippen MR) is 69.8 cm³/mol. The second-order valence-electron chi connectivity index (χ2n) is 4.22. The van der Waals surface area contributed by atoms with E-state index < -0.39 is 10.0 Å². The lowest BCUT2D eigenvalue weighted by Crippen LogP contribution is -2.44. The lowest BCUT2D eigenvalue weighted by Gasteiger charge is -2.32. The van der Waals surface area contributed by atoms with E-state index in [2.05, 4.69) is 12.2 Å². The highest BCUT2D eigenvalue weighted by molar-refractivity contribution is 7.92. The third-order valence-corrected chi connectivity index (χ3v) is 5.25. The van der Waals surface area contributed by atoms with Gasteiger partial charge >= 0.3 is 0 Å². The summed E-state index contributed by atoms with van der Waals surface area (Å²) in [5.74, 6) is -0.202. The van der Waals surface area contributed by atoms with Crippen molar-refractivity contribution in [3.8, 4) is 0 Å². The minimum absolute atomic E-state index is 0.0502. The van der Waals surface area contributed by atoms with E-state index in [-0.39, 0.29) is 16.8 Å². The minimum atomic E-state index is -3.30. The summed E-state index contributed by atoms with van der Waals surface area (Å²) in [6.07, 6.45) is 5.37. The van der Waals surface area contributed by atoms with E-state index in [1.165, 1.54) is 6.42 Å². The Morgan fingerprint density at radius 3 is 2.38 bits per heavy atom. The van der Waals surface area contributed by atoms with E-state index in [1.54, 1.807) is 4.31 Å². The van der Waals surface area contributed by atoms with E-state index in [0.29, 0.717) is 6.54 Å². The Labute approximate surface area is 103 Å². The van der Waals surface area contributed by atoms with Crippen LogP contribution in [0, 0.1) is 0 Å². The highest BCUT2D eigenvalue weighted by atomic mass is 32.2. The summed E-state index contributed by atoms with van der Waals surface area (Å²) in [7, 11) is -3.30. The zero-order valence-corrected chi connectivity index (χ0v) is 11.3. The number of nitrogens with two attached hydrogens (primary N) is 1. The molecule has 16 heavy (non-hydrogen) atoms. The highest BCUT2D eigenvalue weighted by Crippen LogP contribution is 2.24. The van der Waals surface area contributed by atoms with E-state index in [0.717, 1.165) is 25.7 Å². The van der Waals surface area contributed by atoms with Gasteiger partial charge in [-0.2, -0.15) is 4.31 Å². The Morgan fingerprint density at radius 2 is 1.94 bits per heavy atom. The van der Waals surface area contributed by atoms with Crippen molar-refractivity contribution in [2.75, 3.05) is 12.3 Å². The Bertz CT molecular complexity index is 335. The standard InChI is InChI=1S/C10H20N2O2S2/c1-2-12(9-6-4-3-5-7-9)16(13,14)8-10(11)15/h9H,2-8H2,1H3,(H2,11,15). The van der Waals surface area contributed by atoms with Crippen LogP contribution in [0.3, 0.4) is 0 Å². The van der Waals surface area contributed by atoms with Gasteiger partial charge in [-0.25, -0.2) is 8.42 Å². The van der Waals surface area contributed by atoms with Gasteiger partial charge in [0.2, 0.25) is 10.0 Å². The fraction of sp³-hybridized carbons (Fsp3) is 0.900. The molecule has 0 aromatic heterocycles. The molecule has 1 fully saturated rings. The molecule has 94 valence electrons. The van der Waals surface area contributed by atoms with Crippen LogP contribution >= 0.6 is 12.2 Å². The molecule has 2 N–H and O–H groups in total. The molecule has 0 amide bonds. The van der Waals surface area contributed by atoms with Gasteiger partial charge < -0.3 is 5.73 Å². The van der Waals surface area contributed by atoms with Crippen molar-refractivity contribution >= 4 is 27.2 Å². The van der Waals surface area contributed by atoms with Crippen molar-refractivity contribution in [1.82, 2.24) is 4.31 Å². The minimum Gasteiger partial charge on any atom is -0.392 e. The van der Waals surface area contributed by atoms with E-state index in [9.17, 15) is 8.42 Å². The molecule has 1 aliphatic carbocycles. The van der Waals surface area contributed by atoms with Gasteiger partial charge in [0.1, 0.15) is 5.75 Å². The van der Waals surface area contributed by atoms with Gasteiger partial charge in [-0.1, -0.05) is 38.4 Å². The van der Waals surface area contributed by atoms with Gasteiger partial charge in [-0.3, -0.25) is 0 Å². The molecule has 0 aliphatic heterocycles. The maximum Gasteiger partial charge on any atom is 0.220 e. The van der Waals surface area contributed by atoms with Gasteiger partial charge in [0.05, 0.1) is 4.99 Å². The third kappa shape index (κ3) is 3.68. The fourth-order valence-corrected chi connectivity index (χ4v) is 4.34. The maximum atomic E-state index is 12.0. The molecule has 4 nitrogen and oxygen atoms in total. The van der Waals surface area contributed by atoms with Crippen molar-refractivity contribution in [3.05, 3.63) is 0 Å². The number of rotatable bonds is 5. The topological polar surface area (TPSA) is 63.4 Å². The molecular formula is C10H20N2O2S2. The van der Waals surface area contributed by atoms with Crippen molar-refractivity contribution in [3.63, 3.8) is 0 Å². The Balaban J connectivity index is 2.75. The summed E-state index contributed by atoms with van der Waals surface area (Å²) in [5, 5.41) is 0. The first-order valence-electron chi connectivity index (χ1n) is 5.75. The average Bonchev–Trinajstić information content (AvgIpc) is 2.17. The van der Waals surface area contributed by atoms with Gasteiger partial charge in [-0.15, -0.1) is 0 Å². The van der Waals surface area contributed by atoms with Gasteiger partial charge in [-0.05, 0) is 12.8 Å². The Morgan fingerprint density at radius 1 is 1.38 bits per heavy atom. The van der Waals surface area contributed by atoms with E-state index >= 15 is 0 Å². The number of hydrogen-bond acceptors (Lipinski definition) is 3. The molecule has 0 radical (unpaired) electrons. The zero-order valence-electron chi connectivity index (χ0n) is 9.68. The van der Waals surface area contributed by atoms with Crippen LogP contribution < -0.4 is 5.73 Å². The van der Waals surface area contributed by atoms with E-state index in [4.69, 9.17) is 5.73 Å². The van der Waals surface area contributed by atoms with Crippen LogP contribution in [0.15, 0.2) is 0 Å². The van der Waals surface area contributed by atoms with Crippen molar-refractivity contribution in [2.24, 2.45) is 5.73 Å². The summed E-state index contributed by atoms with van der Waals surface area (Å²) >= 11 is 4.68. The van der Waals surface area contributed by atoms with Crippen LogP contribution in [0.1, 0.15) is 39.0 Å². The molecule has 0 spiro atoms. The van der Waals surface area contributed by atoms with Crippen LogP contribution in [0.5, 0.6) is 0 Å².